The van der Waals surface area contributed by atoms with Gasteiger partial charge in [0.1, 0.15) is 5.82 Å². The lowest BCUT2D eigenvalue weighted by molar-refractivity contribution is 0.971. The van der Waals surface area contributed by atoms with Crippen LogP contribution in [0.5, 0.6) is 0 Å². The van der Waals surface area contributed by atoms with Gasteiger partial charge in [-0.3, -0.25) is 0 Å². The molecule has 0 unspecified atom stereocenters. The van der Waals surface area contributed by atoms with Crippen molar-refractivity contribution in [2.75, 3.05) is 5.73 Å². The van der Waals surface area contributed by atoms with Gasteiger partial charge in [-0.15, -0.1) is 0 Å². The summed E-state index contributed by atoms with van der Waals surface area (Å²) in [5.41, 5.74) is 6.50. The summed E-state index contributed by atoms with van der Waals surface area (Å²) in [6.07, 6.45) is 0.885. The number of hydrogen-bond acceptors (Lipinski definition) is 5. The Balaban J connectivity index is 2.20. The maximum atomic E-state index is 5.71. The van der Waals surface area contributed by atoms with E-state index in [2.05, 4.69) is 38.9 Å². The van der Waals surface area contributed by atoms with Gasteiger partial charge in [0.15, 0.2) is 4.34 Å². The fourth-order valence-electron chi connectivity index (χ4n) is 1.12. The number of nitrogens with zero attached hydrogens (tertiary/aromatic N) is 2. The van der Waals surface area contributed by atoms with Gasteiger partial charge < -0.3 is 5.73 Å². The minimum Gasteiger partial charge on any atom is -0.399 e. The minimum atomic E-state index is 0.792. The van der Waals surface area contributed by atoms with Crippen LogP contribution in [0.2, 0.25) is 0 Å². The molecule has 1 aromatic carbocycles. The van der Waals surface area contributed by atoms with Crippen LogP contribution in [0.15, 0.2) is 27.4 Å². The zero-order valence-electron chi connectivity index (χ0n) is 8.61. The predicted molar refractivity (Wildman–Crippen MR) is 77.0 cm³/mol. The van der Waals surface area contributed by atoms with Gasteiger partial charge in [0, 0.05) is 20.6 Å². The first-order valence-electron chi connectivity index (χ1n) is 4.74. The van der Waals surface area contributed by atoms with Crippen LogP contribution in [-0.2, 0) is 6.42 Å². The van der Waals surface area contributed by atoms with Crippen molar-refractivity contribution in [1.82, 2.24) is 9.36 Å². The summed E-state index contributed by atoms with van der Waals surface area (Å²) in [4.78, 5) is 5.60. The largest absolute Gasteiger partial charge is 0.399 e. The summed E-state index contributed by atoms with van der Waals surface area (Å²) in [5.74, 6) is 0.915. The summed E-state index contributed by atoms with van der Waals surface area (Å²) in [5, 5.41) is 0. The van der Waals surface area contributed by atoms with Crippen molar-refractivity contribution in [3.63, 3.8) is 0 Å². The first kappa shape index (κ1) is 12.1. The molecule has 0 bridgehead atoms. The van der Waals surface area contributed by atoms with Gasteiger partial charge in [-0.1, -0.05) is 18.7 Å². The molecule has 1 aromatic heterocycles. The second-order valence-corrected chi connectivity index (χ2v) is 6.33. The molecule has 2 N–H and O–H groups in total. The number of anilines is 1. The van der Waals surface area contributed by atoms with Gasteiger partial charge in [0.25, 0.3) is 0 Å². The topological polar surface area (TPSA) is 51.8 Å². The maximum Gasteiger partial charge on any atom is 0.174 e. The fraction of sp³-hybridized carbons (Fsp3) is 0.200. The zero-order valence-corrected chi connectivity index (χ0v) is 12.4. The molecule has 6 heteroatoms. The first-order valence-corrected chi connectivity index (χ1v) is 7.41. The number of aryl methyl sites for hydroxylation is 1. The average Bonchev–Trinajstić information content (AvgIpc) is 2.70. The lowest BCUT2D eigenvalue weighted by atomic mass is 10.3. The summed E-state index contributed by atoms with van der Waals surface area (Å²) in [6.45, 7) is 2.06. The van der Waals surface area contributed by atoms with Crippen molar-refractivity contribution < 1.29 is 0 Å². The van der Waals surface area contributed by atoms with E-state index in [0.29, 0.717) is 0 Å². The highest BCUT2D eigenvalue weighted by Gasteiger charge is 2.07. The molecule has 2 aromatic rings. The molecule has 0 aliphatic rings. The average molecular weight is 363 g/mol. The SMILES string of the molecule is CCc1nsc(Sc2ccc(N)cc2I)n1. The van der Waals surface area contributed by atoms with E-state index in [0.717, 1.165) is 25.8 Å². The van der Waals surface area contributed by atoms with E-state index in [1.54, 1.807) is 11.8 Å². The van der Waals surface area contributed by atoms with E-state index in [-0.39, 0.29) is 0 Å². The van der Waals surface area contributed by atoms with Crippen molar-refractivity contribution >= 4 is 51.6 Å². The molecule has 0 spiro atoms. The van der Waals surface area contributed by atoms with Crippen LogP contribution in [0.25, 0.3) is 0 Å². The molecule has 0 radical (unpaired) electrons. The second kappa shape index (κ2) is 5.33. The van der Waals surface area contributed by atoms with E-state index >= 15 is 0 Å². The molecule has 2 rings (SSSR count). The molecule has 84 valence electrons. The lowest BCUT2D eigenvalue weighted by Gasteiger charge is -2.01. The number of aromatic nitrogens is 2. The first-order chi connectivity index (χ1) is 7.69. The highest BCUT2D eigenvalue weighted by atomic mass is 127. The Morgan fingerprint density at radius 2 is 2.31 bits per heavy atom. The molecule has 0 amide bonds. The molecule has 0 saturated carbocycles. The van der Waals surface area contributed by atoms with Gasteiger partial charge >= 0.3 is 0 Å². The number of hydrogen-bond donors (Lipinski definition) is 1. The van der Waals surface area contributed by atoms with Crippen LogP contribution < -0.4 is 5.73 Å². The third kappa shape index (κ3) is 2.86. The summed E-state index contributed by atoms with van der Waals surface area (Å²) in [6, 6.07) is 5.89. The Labute approximate surface area is 116 Å². The Bertz CT molecular complexity index is 499. The van der Waals surface area contributed by atoms with Crippen LogP contribution in [0, 0.1) is 3.57 Å². The van der Waals surface area contributed by atoms with Gasteiger partial charge in [0.05, 0.1) is 0 Å². The van der Waals surface area contributed by atoms with Crippen molar-refractivity contribution in [3.05, 3.63) is 27.6 Å². The van der Waals surface area contributed by atoms with Gasteiger partial charge in [-0.25, -0.2) is 4.98 Å². The number of halogens is 1. The molecule has 0 atom stereocenters. The zero-order chi connectivity index (χ0) is 11.5. The van der Waals surface area contributed by atoms with Crippen LogP contribution >= 0.6 is 45.9 Å². The minimum absolute atomic E-state index is 0.792. The predicted octanol–water partition coefficient (Wildman–Crippen LogP) is 3.44. The molecule has 0 aliphatic heterocycles. The maximum absolute atomic E-state index is 5.71. The van der Waals surface area contributed by atoms with E-state index in [9.17, 15) is 0 Å². The van der Waals surface area contributed by atoms with E-state index in [1.165, 1.54) is 16.4 Å². The van der Waals surface area contributed by atoms with Gasteiger partial charge in [0.2, 0.25) is 0 Å². The van der Waals surface area contributed by atoms with Crippen molar-refractivity contribution in [1.29, 1.82) is 0 Å². The highest BCUT2D eigenvalue weighted by Crippen LogP contribution is 2.33. The van der Waals surface area contributed by atoms with Crippen LogP contribution in [0.4, 0.5) is 5.69 Å². The fourth-order valence-corrected chi connectivity index (χ4v) is 3.65. The Kier molecular flexibility index (Phi) is 4.04. The molecular formula is C10H10IN3S2. The molecule has 0 saturated heterocycles. The standard InChI is InChI=1S/C10H10IN3S2/c1-2-9-13-10(16-14-9)15-8-4-3-6(12)5-7(8)11/h3-5H,2,12H2,1H3. The van der Waals surface area contributed by atoms with Crippen molar-refractivity contribution in [2.45, 2.75) is 22.6 Å². The van der Waals surface area contributed by atoms with Crippen LogP contribution in [0.1, 0.15) is 12.7 Å². The van der Waals surface area contributed by atoms with Crippen LogP contribution in [-0.4, -0.2) is 9.36 Å². The molecule has 3 nitrogen and oxygen atoms in total. The Hall–Kier alpha value is -0.340. The number of nitrogens with two attached hydrogens (primary N) is 1. The normalized spacial score (nSPS) is 10.6. The van der Waals surface area contributed by atoms with Crippen LogP contribution in [0.3, 0.4) is 0 Å². The highest BCUT2D eigenvalue weighted by molar-refractivity contribution is 14.1. The third-order valence-corrected chi connectivity index (χ3v) is 5.04. The van der Waals surface area contributed by atoms with E-state index in [1.807, 2.05) is 18.2 Å². The molecule has 0 fully saturated rings. The summed E-state index contributed by atoms with van der Waals surface area (Å²) >= 11 is 5.37. The lowest BCUT2D eigenvalue weighted by Crippen LogP contribution is -1.87. The molecular weight excluding hydrogens is 353 g/mol. The van der Waals surface area contributed by atoms with E-state index in [4.69, 9.17) is 5.73 Å². The van der Waals surface area contributed by atoms with Crippen molar-refractivity contribution in [2.24, 2.45) is 0 Å². The van der Waals surface area contributed by atoms with Crippen molar-refractivity contribution in [3.8, 4) is 0 Å². The quantitative estimate of drug-likeness (QED) is 0.671. The monoisotopic (exact) mass is 363 g/mol. The summed E-state index contributed by atoms with van der Waals surface area (Å²) < 4.78 is 6.40. The molecule has 16 heavy (non-hydrogen) atoms. The molecule has 1 heterocycles. The Morgan fingerprint density at radius 3 is 2.94 bits per heavy atom. The number of rotatable bonds is 3. The van der Waals surface area contributed by atoms with Gasteiger partial charge in [-0.2, -0.15) is 4.37 Å². The molecule has 0 aliphatic carbocycles. The second-order valence-electron chi connectivity index (χ2n) is 3.12. The Morgan fingerprint density at radius 1 is 1.50 bits per heavy atom. The third-order valence-electron chi connectivity index (χ3n) is 1.92. The number of nitrogen functional groups attached to an aromatic ring is 1. The smallest absolute Gasteiger partial charge is 0.174 e. The van der Waals surface area contributed by atoms with E-state index < -0.39 is 0 Å². The number of benzene rings is 1. The summed E-state index contributed by atoms with van der Waals surface area (Å²) in [7, 11) is 0. The van der Waals surface area contributed by atoms with Gasteiger partial charge in [-0.05, 0) is 52.3 Å².